The molecule has 0 bridgehead atoms. The Bertz CT molecular complexity index is 595. The van der Waals surface area contributed by atoms with E-state index in [2.05, 4.69) is 0 Å². The highest BCUT2D eigenvalue weighted by atomic mass is 16.4. The first-order chi connectivity index (χ1) is 8.58. The average molecular weight is 245 g/mol. The van der Waals surface area contributed by atoms with Crippen LogP contribution in [0.2, 0.25) is 0 Å². The number of aliphatic carboxylic acids is 1. The Balaban J connectivity index is 2.56. The van der Waals surface area contributed by atoms with Crippen molar-refractivity contribution in [3.8, 4) is 17.2 Å². The Morgan fingerprint density at radius 3 is 2.72 bits per heavy atom. The van der Waals surface area contributed by atoms with E-state index in [1.165, 1.54) is 22.8 Å². The molecular weight excluding hydrogens is 234 g/mol. The number of nitrogens with zero attached hydrogens (tertiary/aromatic N) is 1. The Kier molecular flexibility index (Phi) is 3.14. The molecule has 2 rings (SSSR count). The van der Waals surface area contributed by atoms with Gasteiger partial charge in [-0.05, 0) is 12.1 Å². The van der Waals surface area contributed by atoms with Gasteiger partial charge in [-0.15, -0.1) is 0 Å². The minimum Gasteiger partial charge on any atom is -0.550 e. The van der Waals surface area contributed by atoms with E-state index in [9.17, 15) is 20.1 Å². The summed E-state index contributed by atoms with van der Waals surface area (Å²) in [5.74, 6) is -1.28. The van der Waals surface area contributed by atoms with Crippen LogP contribution in [-0.2, 0) is 11.2 Å². The largest absolute Gasteiger partial charge is 0.550 e. The predicted octanol–water partition coefficient (Wildman–Crippen LogP) is -0.333. The number of phenols is 2. The molecule has 1 aromatic heterocycles. The summed E-state index contributed by atoms with van der Waals surface area (Å²) in [6, 6.07) is 9.04. The molecule has 0 aliphatic heterocycles. The Morgan fingerprint density at radius 2 is 2.00 bits per heavy atom. The summed E-state index contributed by atoms with van der Waals surface area (Å²) >= 11 is 0. The number of carbonyl (C=O) groups excluding carboxylic acids is 1. The lowest BCUT2D eigenvalue weighted by Gasteiger charge is -2.05. The molecule has 1 heterocycles. The van der Waals surface area contributed by atoms with Crippen LogP contribution in [0.25, 0.3) is 5.69 Å². The summed E-state index contributed by atoms with van der Waals surface area (Å²) in [7, 11) is 0. The van der Waals surface area contributed by atoms with Gasteiger partial charge in [-0.25, -0.2) is 0 Å². The van der Waals surface area contributed by atoms with Gasteiger partial charge in [0.2, 0.25) is 0 Å². The second kappa shape index (κ2) is 4.75. The van der Waals surface area contributed by atoms with Gasteiger partial charge in [0.05, 0.1) is 18.5 Å². The molecular formula is C13H11NO4. The standard InChI is InChI=1S/C13H11NO4/c15-10-4-5-12(16)11(8-10)14-6-2-1-3-9(14)7-13(17)18/h1-6,8H,7H2,(H2-,15,16,17,18). The molecule has 2 aromatic rings. The first-order valence-electron chi connectivity index (χ1n) is 5.29. The molecule has 0 aliphatic rings. The third kappa shape index (κ3) is 2.40. The molecule has 5 heteroatoms. The molecule has 0 amide bonds. The van der Waals surface area contributed by atoms with Crippen molar-refractivity contribution in [3.63, 3.8) is 0 Å². The molecule has 18 heavy (non-hydrogen) atoms. The lowest BCUT2D eigenvalue weighted by Crippen LogP contribution is -2.38. The van der Waals surface area contributed by atoms with Crippen molar-refractivity contribution in [3.05, 3.63) is 48.3 Å². The number of aromatic nitrogens is 1. The first kappa shape index (κ1) is 11.9. The van der Waals surface area contributed by atoms with Crippen LogP contribution < -0.4 is 9.67 Å². The van der Waals surface area contributed by atoms with Crippen LogP contribution in [0.3, 0.4) is 0 Å². The molecule has 0 aliphatic carbocycles. The predicted molar refractivity (Wildman–Crippen MR) is 60.0 cm³/mol. The number of rotatable bonds is 3. The summed E-state index contributed by atoms with van der Waals surface area (Å²) in [6.45, 7) is 0. The smallest absolute Gasteiger partial charge is 0.256 e. The van der Waals surface area contributed by atoms with Crippen LogP contribution in [0.5, 0.6) is 11.5 Å². The minimum absolute atomic E-state index is 0.0152. The maximum atomic E-state index is 10.7. The topological polar surface area (TPSA) is 84.5 Å². The van der Waals surface area contributed by atoms with Gasteiger partial charge >= 0.3 is 0 Å². The Labute approximate surface area is 103 Å². The van der Waals surface area contributed by atoms with Crippen molar-refractivity contribution in [1.29, 1.82) is 0 Å². The SMILES string of the molecule is O=C([O-])Cc1cccc[n+]1-c1cc(O)ccc1O. The number of carbonyl (C=O) groups is 1. The summed E-state index contributed by atoms with van der Waals surface area (Å²) < 4.78 is 1.49. The van der Waals surface area contributed by atoms with Crippen LogP contribution in [0.1, 0.15) is 5.69 Å². The first-order valence-corrected chi connectivity index (χ1v) is 5.29. The van der Waals surface area contributed by atoms with E-state index in [1.54, 1.807) is 24.4 Å². The summed E-state index contributed by atoms with van der Waals surface area (Å²) in [6.07, 6.45) is 1.32. The van der Waals surface area contributed by atoms with Crippen LogP contribution in [-0.4, -0.2) is 16.2 Å². The van der Waals surface area contributed by atoms with Gasteiger partial charge in [-0.2, -0.15) is 4.57 Å². The number of phenolic OH excluding ortho intramolecular Hbond substituents is 2. The third-order valence-electron chi connectivity index (χ3n) is 2.49. The Hall–Kier alpha value is -2.56. The molecule has 92 valence electrons. The van der Waals surface area contributed by atoms with Crippen molar-refractivity contribution < 1.29 is 24.7 Å². The van der Waals surface area contributed by atoms with Crippen molar-refractivity contribution in [2.45, 2.75) is 6.42 Å². The van der Waals surface area contributed by atoms with Crippen LogP contribution in [0, 0.1) is 0 Å². The van der Waals surface area contributed by atoms with Gasteiger partial charge in [0.25, 0.3) is 5.69 Å². The van der Waals surface area contributed by atoms with Crippen LogP contribution >= 0.6 is 0 Å². The van der Waals surface area contributed by atoms with E-state index in [0.717, 1.165) is 0 Å². The zero-order chi connectivity index (χ0) is 13.1. The minimum atomic E-state index is -1.21. The maximum absolute atomic E-state index is 10.7. The molecule has 0 atom stereocenters. The molecule has 2 N–H and O–H groups in total. The average Bonchev–Trinajstić information content (AvgIpc) is 2.32. The Morgan fingerprint density at radius 1 is 1.22 bits per heavy atom. The molecule has 5 nitrogen and oxygen atoms in total. The number of hydrogen-bond donors (Lipinski definition) is 2. The third-order valence-corrected chi connectivity index (χ3v) is 2.49. The zero-order valence-electron chi connectivity index (χ0n) is 9.41. The summed E-state index contributed by atoms with van der Waals surface area (Å²) in [4.78, 5) is 10.7. The van der Waals surface area contributed by atoms with E-state index in [4.69, 9.17) is 0 Å². The number of aromatic hydroxyl groups is 2. The summed E-state index contributed by atoms with van der Waals surface area (Å²) in [5, 5.41) is 29.8. The quantitative estimate of drug-likeness (QED) is 0.572. The van der Waals surface area contributed by atoms with Crippen molar-refractivity contribution >= 4 is 5.97 Å². The van der Waals surface area contributed by atoms with E-state index in [0.29, 0.717) is 11.4 Å². The van der Waals surface area contributed by atoms with Gasteiger partial charge in [-0.3, -0.25) is 0 Å². The highest BCUT2D eigenvalue weighted by molar-refractivity contribution is 5.66. The van der Waals surface area contributed by atoms with Crippen molar-refractivity contribution in [2.24, 2.45) is 0 Å². The van der Waals surface area contributed by atoms with E-state index in [1.807, 2.05) is 0 Å². The van der Waals surface area contributed by atoms with Crippen molar-refractivity contribution in [1.82, 2.24) is 0 Å². The number of hydrogen-bond acceptors (Lipinski definition) is 4. The highest BCUT2D eigenvalue weighted by Gasteiger charge is 2.17. The second-order valence-corrected chi connectivity index (χ2v) is 3.78. The van der Waals surface area contributed by atoms with Gasteiger partial charge in [0.15, 0.2) is 17.6 Å². The fourth-order valence-corrected chi connectivity index (χ4v) is 1.71. The molecule has 0 saturated carbocycles. The van der Waals surface area contributed by atoms with E-state index >= 15 is 0 Å². The molecule has 0 saturated heterocycles. The van der Waals surface area contributed by atoms with Gasteiger partial charge in [0.1, 0.15) is 5.75 Å². The fourth-order valence-electron chi connectivity index (χ4n) is 1.71. The van der Waals surface area contributed by atoms with Crippen molar-refractivity contribution in [2.75, 3.05) is 0 Å². The maximum Gasteiger partial charge on any atom is 0.256 e. The molecule has 1 aromatic carbocycles. The van der Waals surface area contributed by atoms with Crippen LogP contribution in [0.4, 0.5) is 0 Å². The molecule has 0 unspecified atom stereocenters. The normalized spacial score (nSPS) is 10.2. The fraction of sp³-hybridized carbons (Fsp3) is 0.0769. The monoisotopic (exact) mass is 245 g/mol. The molecule has 0 spiro atoms. The zero-order valence-corrected chi connectivity index (χ0v) is 9.41. The summed E-state index contributed by atoms with van der Waals surface area (Å²) in [5.41, 5.74) is 0.755. The number of carboxylic acids is 1. The van der Waals surface area contributed by atoms with Gasteiger partial charge in [0, 0.05) is 12.1 Å². The van der Waals surface area contributed by atoms with Gasteiger partial charge in [-0.1, -0.05) is 6.07 Å². The van der Waals surface area contributed by atoms with E-state index < -0.39 is 5.97 Å². The van der Waals surface area contributed by atoms with E-state index in [-0.39, 0.29) is 17.9 Å². The molecule has 0 radical (unpaired) electrons. The lowest BCUT2D eigenvalue weighted by atomic mass is 10.2. The number of carboxylic acid groups (broad SMARTS) is 1. The van der Waals surface area contributed by atoms with Crippen LogP contribution in [0.15, 0.2) is 42.6 Å². The molecule has 0 fully saturated rings. The highest BCUT2D eigenvalue weighted by Crippen LogP contribution is 2.22. The van der Waals surface area contributed by atoms with Gasteiger partial charge < -0.3 is 20.1 Å². The second-order valence-electron chi connectivity index (χ2n) is 3.78. The number of pyridine rings is 1. The lowest BCUT2D eigenvalue weighted by molar-refractivity contribution is -0.604. The number of benzene rings is 1.